The monoisotopic (exact) mass is 324 g/mol. The second kappa shape index (κ2) is 6.26. The first-order chi connectivity index (χ1) is 8.69. The standard InChI is InChI=1S/C15H14BrClO/c1-18-14-7-5-12(6-8-14)15(17)10-11-3-2-4-13(16)9-11/h2-9,15H,10H2,1H3. The zero-order valence-electron chi connectivity index (χ0n) is 10.1. The summed E-state index contributed by atoms with van der Waals surface area (Å²) in [6.45, 7) is 0. The molecule has 2 rings (SSSR count). The largest absolute Gasteiger partial charge is 0.497 e. The number of benzene rings is 2. The van der Waals surface area contributed by atoms with Crippen LogP contribution in [0, 0.1) is 0 Å². The van der Waals surface area contributed by atoms with Crippen LogP contribution in [0.25, 0.3) is 0 Å². The third kappa shape index (κ3) is 3.50. The van der Waals surface area contributed by atoms with Crippen molar-refractivity contribution in [2.75, 3.05) is 7.11 Å². The van der Waals surface area contributed by atoms with Gasteiger partial charge in [-0.05, 0) is 41.8 Å². The van der Waals surface area contributed by atoms with E-state index in [0.717, 1.165) is 22.2 Å². The second-order valence-electron chi connectivity index (χ2n) is 4.07. The Hall–Kier alpha value is -0.990. The van der Waals surface area contributed by atoms with Gasteiger partial charge in [0, 0.05) is 4.47 Å². The summed E-state index contributed by atoms with van der Waals surface area (Å²) >= 11 is 9.90. The molecular weight excluding hydrogens is 312 g/mol. The molecule has 0 saturated heterocycles. The van der Waals surface area contributed by atoms with Crippen molar-refractivity contribution in [2.24, 2.45) is 0 Å². The zero-order chi connectivity index (χ0) is 13.0. The lowest BCUT2D eigenvalue weighted by Crippen LogP contribution is -1.96. The number of alkyl halides is 1. The average Bonchev–Trinajstić information content (AvgIpc) is 2.39. The Morgan fingerprint density at radius 2 is 1.89 bits per heavy atom. The summed E-state index contributed by atoms with van der Waals surface area (Å²) in [7, 11) is 1.66. The highest BCUT2D eigenvalue weighted by atomic mass is 79.9. The van der Waals surface area contributed by atoms with Crippen LogP contribution in [0.2, 0.25) is 0 Å². The summed E-state index contributed by atoms with van der Waals surface area (Å²) in [6.07, 6.45) is 0.813. The van der Waals surface area contributed by atoms with E-state index in [0.29, 0.717) is 0 Å². The van der Waals surface area contributed by atoms with Crippen molar-refractivity contribution in [3.8, 4) is 5.75 Å². The Balaban J connectivity index is 2.09. The first kappa shape index (κ1) is 13.4. The Bertz CT molecular complexity index is 510. The van der Waals surface area contributed by atoms with Gasteiger partial charge in [-0.3, -0.25) is 0 Å². The van der Waals surface area contributed by atoms with Gasteiger partial charge in [-0.1, -0.05) is 40.2 Å². The summed E-state index contributed by atoms with van der Waals surface area (Å²) in [4.78, 5) is 0. The lowest BCUT2D eigenvalue weighted by molar-refractivity contribution is 0.414. The third-order valence-electron chi connectivity index (χ3n) is 2.78. The summed E-state index contributed by atoms with van der Waals surface area (Å²) in [5.41, 5.74) is 2.33. The van der Waals surface area contributed by atoms with Crippen LogP contribution in [0.3, 0.4) is 0 Å². The molecule has 2 aromatic rings. The summed E-state index contributed by atoms with van der Waals surface area (Å²) in [6, 6.07) is 16.1. The predicted molar refractivity (Wildman–Crippen MR) is 79.4 cm³/mol. The second-order valence-corrected chi connectivity index (χ2v) is 5.52. The molecule has 94 valence electrons. The van der Waals surface area contributed by atoms with Crippen LogP contribution in [0.15, 0.2) is 53.0 Å². The maximum atomic E-state index is 6.43. The summed E-state index contributed by atoms with van der Waals surface area (Å²) in [5, 5.41) is -0.0230. The molecule has 0 aromatic heterocycles. The number of methoxy groups -OCH3 is 1. The molecule has 1 atom stereocenters. The Kier molecular flexibility index (Phi) is 4.67. The molecule has 0 fully saturated rings. The van der Waals surface area contributed by atoms with Gasteiger partial charge in [-0.15, -0.1) is 11.6 Å². The molecule has 0 N–H and O–H groups in total. The van der Waals surface area contributed by atoms with Crippen molar-refractivity contribution in [1.29, 1.82) is 0 Å². The molecular formula is C15H14BrClO. The molecule has 0 bridgehead atoms. The van der Waals surface area contributed by atoms with Crippen molar-refractivity contribution < 1.29 is 4.74 Å². The first-order valence-corrected chi connectivity index (χ1v) is 6.94. The van der Waals surface area contributed by atoms with Gasteiger partial charge in [0.2, 0.25) is 0 Å². The van der Waals surface area contributed by atoms with Crippen LogP contribution in [0.4, 0.5) is 0 Å². The maximum absolute atomic E-state index is 6.43. The van der Waals surface area contributed by atoms with Crippen LogP contribution in [-0.4, -0.2) is 7.11 Å². The fourth-order valence-electron chi connectivity index (χ4n) is 1.80. The lowest BCUT2D eigenvalue weighted by atomic mass is 10.0. The minimum atomic E-state index is -0.0230. The fraction of sp³-hybridized carbons (Fsp3) is 0.200. The van der Waals surface area contributed by atoms with E-state index in [9.17, 15) is 0 Å². The lowest BCUT2D eigenvalue weighted by Gasteiger charge is -2.11. The van der Waals surface area contributed by atoms with E-state index in [1.807, 2.05) is 36.4 Å². The normalized spacial score (nSPS) is 12.2. The molecule has 0 amide bonds. The van der Waals surface area contributed by atoms with Crippen molar-refractivity contribution >= 4 is 27.5 Å². The smallest absolute Gasteiger partial charge is 0.118 e. The van der Waals surface area contributed by atoms with Crippen molar-refractivity contribution in [2.45, 2.75) is 11.8 Å². The van der Waals surface area contributed by atoms with Gasteiger partial charge in [0.05, 0.1) is 12.5 Å². The number of hydrogen-bond acceptors (Lipinski definition) is 1. The minimum Gasteiger partial charge on any atom is -0.497 e. The molecule has 0 saturated carbocycles. The molecule has 3 heteroatoms. The minimum absolute atomic E-state index is 0.0230. The summed E-state index contributed by atoms with van der Waals surface area (Å²) in [5.74, 6) is 0.852. The number of rotatable bonds is 4. The highest BCUT2D eigenvalue weighted by molar-refractivity contribution is 9.10. The van der Waals surface area contributed by atoms with Gasteiger partial charge < -0.3 is 4.74 Å². The average molecular weight is 326 g/mol. The van der Waals surface area contributed by atoms with Crippen LogP contribution < -0.4 is 4.74 Å². The van der Waals surface area contributed by atoms with E-state index in [4.69, 9.17) is 16.3 Å². The van der Waals surface area contributed by atoms with E-state index in [1.165, 1.54) is 5.56 Å². The molecule has 0 radical (unpaired) electrons. The molecule has 0 spiro atoms. The molecule has 1 unspecified atom stereocenters. The topological polar surface area (TPSA) is 9.23 Å². The highest BCUT2D eigenvalue weighted by Crippen LogP contribution is 2.27. The number of halogens is 2. The SMILES string of the molecule is COc1ccc(C(Cl)Cc2cccc(Br)c2)cc1. The zero-order valence-corrected chi connectivity index (χ0v) is 12.4. The van der Waals surface area contributed by atoms with Gasteiger partial charge in [0.15, 0.2) is 0 Å². The van der Waals surface area contributed by atoms with Gasteiger partial charge in [0.25, 0.3) is 0 Å². The Morgan fingerprint density at radius 3 is 2.50 bits per heavy atom. The van der Waals surface area contributed by atoms with Gasteiger partial charge in [-0.25, -0.2) is 0 Å². The van der Waals surface area contributed by atoms with E-state index in [-0.39, 0.29) is 5.38 Å². The van der Waals surface area contributed by atoms with Crippen molar-refractivity contribution in [3.63, 3.8) is 0 Å². The molecule has 1 nitrogen and oxygen atoms in total. The van der Waals surface area contributed by atoms with E-state index < -0.39 is 0 Å². The van der Waals surface area contributed by atoms with Crippen molar-refractivity contribution in [1.82, 2.24) is 0 Å². The van der Waals surface area contributed by atoms with Crippen LogP contribution in [0.1, 0.15) is 16.5 Å². The number of ether oxygens (including phenoxy) is 1. The summed E-state index contributed by atoms with van der Waals surface area (Å²) < 4.78 is 6.22. The molecule has 2 aromatic carbocycles. The van der Waals surface area contributed by atoms with E-state index in [2.05, 4.69) is 28.1 Å². The first-order valence-electron chi connectivity index (χ1n) is 5.71. The molecule has 18 heavy (non-hydrogen) atoms. The quantitative estimate of drug-likeness (QED) is 0.720. The highest BCUT2D eigenvalue weighted by Gasteiger charge is 2.09. The maximum Gasteiger partial charge on any atom is 0.118 e. The molecule has 0 aliphatic carbocycles. The van der Waals surface area contributed by atoms with Gasteiger partial charge in [-0.2, -0.15) is 0 Å². The Morgan fingerprint density at radius 1 is 1.17 bits per heavy atom. The van der Waals surface area contributed by atoms with Gasteiger partial charge >= 0.3 is 0 Å². The molecule has 0 heterocycles. The van der Waals surface area contributed by atoms with Gasteiger partial charge in [0.1, 0.15) is 5.75 Å². The van der Waals surface area contributed by atoms with Crippen LogP contribution >= 0.6 is 27.5 Å². The fourth-order valence-corrected chi connectivity index (χ4v) is 2.57. The third-order valence-corrected chi connectivity index (χ3v) is 3.68. The number of hydrogen-bond donors (Lipinski definition) is 0. The molecule has 0 aliphatic heterocycles. The van der Waals surface area contributed by atoms with Crippen molar-refractivity contribution in [3.05, 3.63) is 64.1 Å². The van der Waals surface area contributed by atoms with Crippen LogP contribution in [-0.2, 0) is 6.42 Å². The predicted octanol–water partition coefficient (Wildman–Crippen LogP) is 4.98. The van der Waals surface area contributed by atoms with E-state index in [1.54, 1.807) is 7.11 Å². The Labute approximate surface area is 121 Å². The molecule has 0 aliphatic rings. The van der Waals surface area contributed by atoms with Crippen LogP contribution in [0.5, 0.6) is 5.75 Å². The van der Waals surface area contributed by atoms with E-state index >= 15 is 0 Å².